The van der Waals surface area contributed by atoms with Crippen LogP contribution in [-0.4, -0.2) is 28.0 Å². The Kier molecular flexibility index (Phi) is 3.15. The average Bonchev–Trinajstić information content (AvgIpc) is 3.16. The molecule has 0 atom stereocenters. The van der Waals surface area contributed by atoms with Gasteiger partial charge in [0.05, 0.1) is 5.52 Å². The number of hydrogen-bond donors (Lipinski definition) is 1. The number of fused-ring (bicyclic) bond motifs is 1. The molecule has 1 aliphatic heterocycles. The monoisotopic (exact) mass is 342 g/mol. The highest BCUT2D eigenvalue weighted by atomic mass is 79.9. The van der Waals surface area contributed by atoms with Gasteiger partial charge < -0.3 is 9.88 Å². The predicted molar refractivity (Wildman–Crippen MR) is 88.5 cm³/mol. The first-order chi connectivity index (χ1) is 10.3. The summed E-state index contributed by atoms with van der Waals surface area (Å²) in [5.41, 5.74) is 4.08. The molecular weight excluding hydrogens is 328 g/mol. The number of pyridine rings is 1. The van der Waals surface area contributed by atoms with Gasteiger partial charge in [-0.05, 0) is 47.0 Å². The smallest absolute Gasteiger partial charge is 0.178 e. The van der Waals surface area contributed by atoms with Gasteiger partial charge in [0, 0.05) is 35.0 Å². The van der Waals surface area contributed by atoms with E-state index in [4.69, 9.17) is 0 Å². The molecule has 2 aromatic heterocycles. The number of hydrogen-bond acceptors (Lipinski definition) is 3. The number of aromatic amines is 1. The number of nitrogens with one attached hydrogen (secondary N) is 1. The van der Waals surface area contributed by atoms with Crippen molar-refractivity contribution in [2.24, 2.45) is 0 Å². The summed E-state index contributed by atoms with van der Waals surface area (Å²) in [5.74, 6) is 0.872. The highest BCUT2D eigenvalue weighted by molar-refractivity contribution is 9.10. The lowest BCUT2D eigenvalue weighted by Gasteiger charge is -2.17. The second-order valence-corrected chi connectivity index (χ2v) is 6.27. The maximum absolute atomic E-state index is 4.59. The van der Waals surface area contributed by atoms with Crippen molar-refractivity contribution in [2.75, 3.05) is 18.0 Å². The number of benzene rings is 1. The lowest BCUT2D eigenvalue weighted by atomic mass is 10.2. The normalized spacial score (nSPS) is 15.0. The lowest BCUT2D eigenvalue weighted by Crippen LogP contribution is -2.17. The molecule has 1 aromatic carbocycles. The number of halogens is 1. The number of aromatic nitrogens is 3. The fourth-order valence-electron chi connectivity index (χ4n) is 2.84. The summed E-state index contributed by atoms with van der Waals surface area (Å²) in [6.07, 6.45) is 4.34. The largest absolute Gasteiger partial charge is 0.372 e. The number of rotatable bonds is 2. The van der Waals surface area contributed by atoms with Crippen molar-refractivity contribution < 1.29 is 0 Å². The van der Waals surface area contributed by atoms with Gasteiger partial charge in [-0.25, -0.2) is 9.97 Å². The fourth-order valence-corrected chi connectivity index (χ4v) is 3.17. The zero-order valence-electron chi connectivity index (χ0n) is 11.5. The van der Waals surface area contributed by atoms with Crippen LogP contribution in [0.4, 0.5) is 5.69 Å². The Balaban J connectivity index is 1.75. The van der Waals surface area contributed by atoms with E-state index in [9.17, 15) is 0 Å². The van der Waals surface area contributed by atoms with Gasteiger partial charge in [0.1, 0.15) is 5.82 Å². The zero-order valence-corrected chi connectivity index (χ0v) is 13.1. The molecule has 0 saturated carbocycles. The Hall–Kier alpha value is -1.88. The van der Waals surface area contributed by atoms with Gasteiger partial charge in [0.2, 0.25) is 0 Å². The first-order valence-corrected chi connectivity index (χ1v) is 7.95. The first kappa shape index (κ1) is 12.8. The van der Waals surface area contributed by atoms with E-state index in [0.29, 0.717) is 0 Å². The highest BCUT2D eigenvalue weighted by Crippen LogP contribution is 2.27. The molecule has 4 rings (SSSR count). The molecule has 0 spiro atoms. The summed E-state index contributed by atoms with van der Waals surface area (Å²) in [4.78, 5) is 14.7. The van der Waals surface area contributed by atoms with Crippen LogP contribution in [0, 0.1) is 0 Å². The minimum absolute atomic E-state index is 0.750. The minimum atomic E-state index is 0.750. The molecule has 5 heteroatoms. The van der Waals surface area contributed by atoms with Crippen LogP contribution in [-0.2, 0) is 0 Å². The number of H-pyrrole nitrogens is 1. The van der Waals surface area contributed by atoms with Crippen molar-refractivity contribution in [1.29, 1.82) is 0 Å². The lowest BCUT2D eigenvalue weighted by molar-refractivity contribution is 0.949. The Morgan fingerprint density at radius 2 is 2.00 bits per heavy atom. The maximum atomic E-state index is 4.59. The summed E-state index contributed by atoms with van der Waals surface area (Å²) in [6, 6.07) is 10.6. The Bertz CT molecular complexity index is 790. The van der Waals surface area contributed by atoms with E-state index in [0.717, 1.165) is 40.1 Å². The Labute approximate surface area is 131 Å². The molecule has 0 radical (unpaired) electrons. The molecule has 0 unspecified atom stereocenters. The third-order valence-electron chi connectivity index (χ3n) is 3.89. The van der Waals surface area contributed by atoms with Crippen LogP contribution < -0.4 is 4.90 Å². The van der Waals surface area contributed by atoms with E-state index in [1.807, 2.05) is 6.07 Å². The van der Waals surface area contributed by atoms with Gasteiger partial charge in [0.15, 0.2) is 5.65 Å². The molecule has 1 N–H and O–H groups in total. The number of nitrogens with zero attached hydrogens (tertiary/aromatic N) is 3. The Morgan fingerprint density at radius 1 is 1.14 bits per heavy atom. The topological polar surface area (TPSA) is 44.8 Å². The SMILES string of the molecule is Brc1cnc2nc(-c3cccc(N4CCCC4)c3)[nH]c2c1. The van der Waals surface area contributed by atoms with E-state index in [-0.39, 0.29) is 0 Å². The maximum Gasteiger partial charge on any atom is 0.178 e. The molecule has 0 amide bonds. The molecule has 1 fully saturated rings. The van der Waals surface area contributed by atoms with Crippen molar-refractivity contribution in [2.45, 2.75) is 12.8 Å². The van der Waals surface area contributed by atoms with E-state index in [1.165, 1.54) is 18.5 Å². The molecule has 106 valence electrons. The Morgan fingerprint density at radius 3 is 2.86 bits per heavy atom. The van der Waals surface area contributed by atoms with Gasteiger partial charge in [-0.15, -0.1) is 0 Å². The summed E-state index contributed by atoms with van der Waals surface area (Å²) >= 11 is 3.44. The van der Waals surface area contributed by atoms with Crippen molar-refractivity contribution in [3.63, 3.8) is 0 Å². The number of imidazole rings is 1. The fraction of sp³-hybridized carbons (Fsp3) is 0.250. The second kappa shape index (κ2) is 5.15. The molecule has 1 aliphatic rings. The van der Waals surface area contributed by atoms with Gasteiger partial charge >= 0.3 is 0 Å². The summed E-state index contributed by atoms with van der Waals surface area (Å²) in [6.45, 7) is 2.30. The molecular formula is C16H15BrN4. The predicted octanol–water partition coefficient (Wildman–Crippen LogP) is 3.99. The van der Waals surface area contributed by atoms with Gasteiger partial charge in [0.25, 0.3) is 0 Å². The molecule has 3 heterocycles. The van der Waals surface area contributed by atoms with Crippen LogP contribution in [0.5, 0.6) is 0 Å². The van der Waals surface area contributed by atoms with Crippen LogP contribution in [0.2, 0.25) is 0 Å². The molecule has 1 saturated heterocycles. The minimum Gasteiger partial charge on any atom is -0.372 e. The van der Waals surface area contributed by atoms with Crippen LogP contribution in [0.25, 0.3) is 22.6 Å². The van der Waals surface area contributed by atoms with Gasteiger partial charge in [-0.1, -0.05) is 12.1 Å². The van der Waals surface area contributed by atoms with Crippen molar-refractivity contribution in [3.8, 4) is 11.4 Å². The first-order valence-electron chi connectivity index (χ1n) is 7.16. The highest BCUT2D eigenvalue weighted by Gasteiger charge is 2.13. The molecule has 0 aliphatic carbocycles. The molecule has 4 nitrogen and oxygen atoms in total. The van der Waals surface area contributed by atoms with E-state index < -0.39 is 0 Å². The van der Waals surface area contributed by atoms with Crippen LogP contribution in [0.15, 0.2) is 41.0 Å². The van der Waals surface area contributed by atoms with Gasteiger partial charge in [-0.2, -0.15) is 0 Å². The molecule has 0 bridgehead atoms. The van der Waals surface area contributed by atoms with E-state index >= 15 is 0 Å². The number of anilines is 1. The third-order valence-corrected chi connectivity index (χ3v) is 4.33. The van der Waals surface area contributed by atoms with E-state index in [1.54, 1.807) is 6.20 Å². The molecule has 21 heavy (non-hydrogen) atoms. The quantitative estimate of drug-likeness (QED) is 0.765. The molecule has 3 aromatic rings. The van der Waals surface area contributed by atoms with Crippen molar-refractivity contribution >= 4 is 32.8 Å². The average molecular weight is 343 g/mol. The van der Waals surface area contributed by atoms with Crippen LogP contribution in [0.1, 0.15) is 12.8 Å². The summed E-state index contributed by atoms with van der Waals surface area (Å²) in [7, 11) is 0. The summed E-state index contributed by atoms with van der Waals surface area (Å²) in [5, 5.41) is 0. The van der Waals surface area contributed by atoms with Crippen LogP contribution >= 0.6 is 15.9 Å². The van der Waals surface area contributed by atoms with Crippen molar-refractivity contribution in [1.82, 2.24) is 15.0 Å². The van der Waals surface area contributed by atoms with E-state index in [2.05, 4.69) is 60.0 Å². The van der Waals surface area contributed by atoms with Crippen LogP contribution in [0.3, 0.4) is 0 Å². The standard InChI is InChI=1S/C16H15BrN4/c17-12-9-14-16(18-10-12)20-15(19-14)11-4-3-5-13(8-11)21-6-1-2-7-21/h3-5,8-10H,1-2,6-7H2,(H,18,19,20). The zero-order chi connectivity index (χ0) is 14.2. The van der Waals surface area contributed by atoms with Crippen molar-refractivity contribution in [3.05, 3.63) is 41.0 Å². The second-order valence-electron chi connectivity index (χ2n) is 5.35. The van der Waals surface area contributed by atoms with Gasteiger partial charge in [-0.3, -0.25) is 0 Å². The summed E-state index contributed by atoms with van der Waals surface area (Å²) < 4.78 is 0.955. The third kappa shape index (κ3) is 2.42.